The summed E-state index contributed by atoms with van der Waals surface area (Å²) in [5.74, 6) is -0.144. The molecule has 1 fully saturated rings. The molecule has 2 heterocycles. The van der Waals surface area contributed by atoms with Crippen LogP contribution in [0.1, 0.15) is 24.3 Å². The summed E-state index contributed by atoms with van der Waals surface area (Å²) < 4.78 is 0. The van der Waals surface area contributed by atoms with E-state index in [2.05, 4.69) is 0 Å². The molecule has 114 valence electrons. The molecular weight excluding hydrogens is 288 g/mol. The third kappa shape index (κ3) is 3.51. The second-order valence-electron chi connectivity index (χ2n) is 4.97. The molecule has 1 aliphatic heterocycles. The van der Waals surface area contributed by atoms with Crippen LogP contribution in [0.2, 0.25) is 0 Å². The molecule has 2 rings (SSSR count). The van der Waals surface area contributed by atoms with Crippen LogP contribution in [-0.2, 0) is 16.2 Å². The van der Waals surface area contributed by atoms with Gasteiger partial charge in [0.05, 0.1) is 6.61 Å². The van der Waals surface area contributed by atoms with Crippen LogP contribution in [0.15, 0.2) is 17.5 Å². The topological polar surface area (TPSA) is 60.9 Å². The molecule has 5 nitrogen and oxygen atoms in total. The van der Waals surface area contributed by atoms with Crippen molar-refractivity contribution in [2.24, 2.45) is 0 Å². The van der Waals surface area contributed by atoms with Crippen molar-refractivity contribution in [1.29, 1.82) is 0 Å². The standard InChI is InChI=1S/C15H20N2O3S/c1-3-16-6-7-17(11(2)15(16)20)14(19)5-4-13-8-12(9-18)10-21-13/h4-5,8,10-11,18H,3,6-7,9H2,1-2H3/b5-4+. The van der Waals surface area contributed by atoms with Crippen molar-refractivity contribution in [1.82, 2.24) is 9.80 Å². The van der Waals surface area contributed by atoms with Crippen molar-refractivity contribution >= 4 is 29.2 Å². The van der Waals surface area contributed by atoms with Crippen LogP contribution >= 0.6 is 11.3 Å². The summed E-state index contributed by atoms with van der Waals surface area (Å²) in [6.45, 7) is 5.55. The minimum atomic E-state index is -0.410. The molecular formula is C15H20N2O3S. The zero-order chi connectivity index (χ0) is 15.4. The number of aliphatic hydroxyl groups is 1. The number of piperazine rings is 1. The molecule has 1 atom stereocenters. The minimum absolute atomic E-state index is 0.00278. The molecule has 21 heavy (non-hydrogen) atoms. The first kappa shape index (κ1) is 15.7. The number of carbonyl (C=O) groups is 2. The molecule has 0 spiro atoms. The summed E-state index contributed by atoms with van der Waals surface area (Å²) >= 11 is 1.48. The molecule has 6 heteroatoms. The van der Waals surface area contributed by atoms with Gasteiger partial charge < -0.3 is 14.9 Å². The van der Waals surface area contributed by atoms with Gasteiger partial charge >= 0.3 is 0 Å². The Morgan fingerprint density at radius 3 is 2.90 bits per heavy atom. The van der Waals surface area contributed by atoms with E-state index in [0.717, 1.165) is 10.4 Å². The third-order valence-corrected chi connectivity index (χ3v) is 4.61. The molecule has 0 aliphatic carbocycles. The van der Waals surface area contributed by atoms with E-state index in [-0.39, 0.29) is 18.4 Å². The molecule has 0 aromatic carbocycles. The zero-order valence-corrected chi connectivity index (χ0v) is 13.1. The molecule has 0 bridgehead atoms. The second kappa shape index (κ2) is 6.87. The molecule has 0 saturated carbocycles. The summed E-state index contributed by atoms with van der Waals surface area (Å²) in [6, 6.07) is 1.44. The number of hydrogen-bond acceptors (Lipinski definition) is 4. The van der Waals surface area contributed by atoms with Gasteiger partial charge in [-0.05, 0) is 36.9 Å². The van der Waals surface area contributed by atoms with Gasteiger partial charge in [0.2, 0.25) is 11.8 Å². The van der Waals surface area contributed by atoms with Gasteiger partial charge in [0.1, 0.15) is 6.04 Å². The van der Waals surface area contributed by atoms with E-state index < -0.39 is 6.04 Å². The SMILES string of the molecule is CCN1CCN(C(=O)/C=C/c2cc(CO)cs2)C(C)C1=O. The van der Waals surface area contributed by atoms with Crippen LogP contribution in [0.25, 0.3) is 6.08 Å². The summed E-state index contributed by atoms with van der Waals surface area (Å²) in [4.78, 5) is 28.6. The summed E-state index contributed by atoms with van der Waals surface area (Å²) in [5, 5.41) is 10.9. The van der Waals surface area contributed by atoms with E-state index in [4.69, 9.17) is 5.11 Å². The van der Waals surface area contributed by atoms with Crippen molar-refractivity contribution in [3.8, 4) is 0 Å². The van der Waals surface area contributed by atoms with Gasteiger partial charge in [0.15, 0.2) is 0 Å². The van der Waals surface area contributed by atoms with Crippen LogP contribution in [-0.4, -0.2) is 52.4 Å². The van der Waals surface area contributed by atoms with Crippen molar-refractivity contribution in [2.45, 2.75) is 26.5 Å². The number of nitrogens with zero attached hydrogens (tertiary/aromatic N) is 2. The predicted molar refractivity (Wildman–Crippen MR) is 82.7 cm³/mol. The van der Waals surface area contributed by atoms with E-state index in [1.54, 1.807) is 22.8 Å². The highest BCUT2D eigenvalue weighted by molar-refractivity contribution is 7.11. The Hall–Kier alpha value is -1.66. The molecule has 2 amide bonds. The highest BCUT2D eigenvalue weighted by Gasteiger charge is 2.32. The van der Waals surface area contributed by atoms with Crippen molar-refractivity contribution in [2.75, 3.05) is 19.6 Å². The van der Waals surface area contributed by atoms with Crippen LogP contribution in [0.5, 0.6) is 0 Å². The second-order valence-corrected chi connectivity index (χ2v) is 5.92. The summed E-state index contributed by atoms with van der Waals surface area (Å²) in [5.41, 5.74) is 0.840. The highest BCUT2D eigenvalue weighted by atomic mass is 32.1. The Kier molecular flexibility index (Phi) is 5.14. The van der Waals surface area contributed by atoms with Gasteiger partial charge in [-0.1, -0.05) is 0 Å². The van der Waals surface area contributed by atoms with Gasteiger partial charge in [0.25, 0.3) is 0 Å². The van der Waals surface area contributed by atoms with E-state index in [1.165, 1.54) is 17.4 Å². The Labute approximate surface area is 128 Å². The molecule has 1 aliphatic rings. The van der Waals surface area contributed by atoms with Crippen LogP contribution < -0.4 is 0 Å². The smallest absolute Gasteiger partial charge is 0.247 e. The lowest BCUT2D eigenvalue weighted by Crippen LogP contribution is -2.57. The van der Waals surface area contributed by atoms with Crippen molar-refractivity contribution in [3.63, 3.8) is 0 Å². The zero-order valence-electron chi connectivity index (χ0n) is 12.3. The molecule has 1 saturated heterocycles. The fourth-order valence-electron chi connectivity index (χ4n) is 2.36. The molecule has 1 aromatic heterocycles. The van der Waals surface area contributed by atoms with Gasteiger partial charge in [-0.15, -0.1) is 11.3 Å². The predicted octanol–water partition coefficient (Wildman–Crippen LogP) is 1.33. The fraction of sp³-hybridized carbons (Fsp3) is 0.467. The number of likely N-dealkylation sites (N-methyl/N-ethyl adjacent to an activating group) is 1. The van der Waals surface area contributed by atoms with Gasteiger partial charge in [0, 0.05) is 30.6 Å². The Balaban J connectivity index is 2.01. The highest BCUT2D eigenvalue weighted by Crippen LogP contribution is 2.17. The Morgan fingerprint density at radius 2 is 2.29 bits per heavy atom. The minimum Gasteiger partial charge on any atom is -0.392 e. The Bertz CT molecular complexity index is 553. The van der Waals surface area contributed by atoms with E-state index in [9.17, 15) is 9.59 Å². The van der Waals surface area contributed by atoms with Crippen LogP contribution in [0, 0.1) is 0 Å². The van der Waals surface area contributed by atoms with E-state index >= 15 is 0 Å². The average molecular weight is 308 g/mol. The Morgan fingerprint density at radius 1 is 1.52 bits per heavy atom. The number of rotatable bonds is 4. The fourth-order valence-corrected chi connectivity index (χ4v) is 3.15. The normalized spacial score (nSPS) is 19.6. The quantitative estimate of drug-likeness (QED) is 0.854. The van der Waals surface area contributed by atoms with Gasteiger partial charge in [-0.25, -0.2) is 0 Å². The number of aliphatic hydroxyl groups excluding tert-OH is 1. The summed E-state index contributed by atoms with van der Waals surface area (Å²) in [7, 11) is 0. The maximum atomic E-state index is 12.2. The molecule has 1 unspecified atom stereocenters. The molecule has 1 N–H and O–H groups in total. The van der Waals surface area contributed by atoms with Crippen LogP contribution in [0.4, 0.5) is 0 Å². The largest absolute Gasteiger partial charge is 0.392 e. The van der Waals surface area contributed by atoms with E-state index in [0.29, 0.717) is 19.6 Å². The summed E-state index contributed by atoms with van der Waals surface area (Å²) in [6.07, 6.45) is 3.23. The number of thiophene rings is 1. The van der Waals surface area contributed by atoms with Crippen LogP contribution in [0.3, 0.4) is 0 Å². The first-order chi connectivity index (χ1) is 10.1. The lowest BCUT2D eigenvalue weighted by Gasteiger charge is -2.38. The lowest BCUT2D eigenvalue weighted by atomic mass is 10.1. The van der Waals surface area contributed by atoms with Gasteiger partial charge in [-0.2, -0.15) is 0 Å². The molecule has 1 aromatic rings. The monoisotopic (exact) mass is 308 g/mol. The van der Waals surface area contributed by atoms with E-state index in [1.807, 2.05) is 18.4 Å². The number of hydrogen-bond donors (Lipinski definition) is 1. The lowest BCUT2D eigenvalue weighted by molar-refractivity contribution is -0.148. The van der Waals surface area contributed by atoms with Gasteiger partial charge in [-0.3, -0.25) is 9.59 Å². The van der Waals surface area contributed by atoms with Crippen molar-refractivity contribution in [3.05, 3.63) is 28.0 Å². The number of amides is 2. The average Bonchev–Trinajstić information content (AvgIpc) is 2.95. The number of carbonyl (C=O) groups excluding carboxylic acids is 2. The maximum Gasteiger partial charge on any atom is 0.247 e. The van der Waals surface area contributed by atoms with Crippen molar-refractivity contribution < 1.29 is 14.7 Å². The first-order valence-corrected chi connectivity index (χ1v) is 7.90. The first-order valence-electron chi connectivity index (χ1n) is 7.02. The maximum absolute atomic E-state index is 12.2. The molecule has 0 radical (unpaired) electrons. The third-order valence-electron chi connectivity index (χ3n) is 3.66.